The summed E-state index contributed by atoms with van der Waals surface area (Å²) in [6.45, 7) is 11.5. The maximum absolute atomic E-state index is 11.7. The minimum Gasteiger partial charge on any atom is -0.393 e. The van der Waals surface area contributed by atoms with Gasteiger partial charge < -0.3 is 29.5 Å². The van der Waals surface area contributed by atoms with Crippen molar-refractivity contribution in [2.24, 2.45) is 40.4 Å². The monoisotopic (exact) mass is 490 g/mol. The summed E-state index contributed by atoms with van der Waals surface area (Å²) in [5, 5.41) is 33.2. The topological polar surface area (TPSA) is 88.4 Å². The van der Waals surface area contributed by atoms with E-state index in [2.05, 4.69) is 33.4 Å². The summed E-state index contributed by atoms with van der Waals surface area (Å²) >= 11 is 0. The standard InChI is InChI=1S/C29H46O6/c1-16(15-33-5)9-10-29(34-6)17(2)25-23(35-29)13-21-20-8-7-18-11-19(30)12-24(32)28(18,4)26(20)22(31)14-27(21,25)3/h7,17,19-26,30-32H,1,8-15H2,2-6H3/t17-,19+,20-,21-,22+,23-,24+,25-,26+,27-,28+,29+/m0/s1. The van der Waals surface area contributed by atoms with Crippen LogP contribution >= 0.6 is 0 Å². The highest BCUT2D eigenvalue weighted by Crippen LogP contribution is 2.70. The van der Waals surface area contributed by atoms with E-state index in [1.807, 2.05) is 0 Å². The molecule has 1 aliphatic heterocycles. The summed E-state index contributed by atoms with van der Waals surface area (Å²) in [6.07, 6.45) is 5.96. The Hall–Kier alpha value is -0.760. The van der Waals surface area contributed by atoms with Crippen LogP contribution in [0.3, 0.4) is 0 Å². The Balaban J connectivity index is 1.42. The average Bonchev–Trinajstić information content (AvgIpc) is 3.24. The van der Waals surface area contributed by atoms with E-state index in [1.54, 1.807) is 14.2 Å². The molecule has 4 aliphatic carbocycles. The second kappa shape index (κ2) is 8.92. The van der Waals surface area contributed by atoms with Gasteiger partial charge in [-0.1, -0.05) is 44.6 Å². The fourth-order valence-corrected chi connectivity index (χ4v) is 9.75. The van der Waals surface area contributed by atoms with Crippen LogP contribution in [0.2, 0.25) is 0 Å². The van der Waals surface area contributed by atoms with Crippen LogP contribution in [0.5, 0.6) is 0 Å². The van der Waals surface area contributed by atoms with Gasteiger partial charge in [0.1, 0.15) is 0 Å². The molecule has 4 fully saturated rings. The molecule has 0 spiro atoms. The van der Waals surface area contributed by atoms with Gasteiger partial charge in [-0.15, -0.1) is 0 Å². The van der Waals surface area contributed by atoms with Crippen LogP contribution in [0, 0.1) is 40.4 Å². The van der Waals surface area contributed by atoms with E-state index in [1.165, 1.54) is 0 Å². The van der Waals surface area contributed by atoms with Gasteiger partial charge in [-0.3, -0.25) is 0 Å². The minimum absolute atomic E-state index is 0.0155. The molecule has 12 atom stereocenters. The van der Waals surface area contributed by atoms with Crippen LogP contribution in [0.1, 0.15) is 65.7 Å². The second-order valence-corrected chi connectivity index (χ2v) is 12.8. The summed E-state index contributed by atoms with van der Waals surface area (Å²) in [6, 6.07) is 0. The third-order valence-electron chi connectivity index (χ3n) is 11.3. The summed E-state index contributed by atoms with van der Waals surface area (Å²) in [4.78, 5) is 0. The molecule has 6 heteroatoms. The first-order chi connectivity index (χ1) is 16.5. The van der Waals surface area contributed by atoms with Crippen LogP contribution in [0.25, 0.3) is 0 Å². The predicted octanol–water partition coefficient (Wildman–Crippen LogP) is 3.84. The van der Waals surface area contributed by atoms with Gasteiger partial charge in [0.2, 0.25) is 0 Å². The van der Waals surface area contributed by atoms with Gasteiger partial charge in [-0.25, -0.2) is 0 Å². The van der Waals surface area contributed by atoms with Gasteiger partial charge in [-0.05, 0) is 61.2 Å². The highest BCUT2D eigenvalue weighted by molar-refractivity contribution is 5.29. The molecule has 198 valence electrons. The summed E-state index contributed by atoms with van der Waals surface area (Å²) in [7, 11) is 3.45. The summed E-state index contributed by atoms with van der Waals surface area (Å²) in [5.41, 5.74) is 1.68. The Labute approximate surface area is 210 Å². The molecule has 0 bridgehead atoms. The molecular formula is C29H46O6. The highest BCUT2D eigenvalue weighted by atomic mass is 16.7. The predicted molar refractivity (Wildman–Crippen MR) is 133 cm³/mol. The Morgan fingerprint density at radius 1 is 1.17 bits per heavy atom. The normalized spacial score (nSPS) is 52.8. The number of hydrogen-bond donors (Lipinski definition) is 3. The lowest BCUT2D eigenvalue weighted by Crippen LogP contribution is -2.60. The molecule has 5 aliphatic rings. The fourth-order valence-electron chi connectivity index (χ4n) is 9.75. The van der Waals surface area contributed by atoms with Crippen molar-refractivity contribution in [3.05, 3.63) is 23.8 Å². The average molecular weight is 491 g/mol. The van der Waals surface area contributed by atoms with Crippen LogP contribution in [0.4, 0.5) is 0 Å². The number of methoxy groups -OCH3 is 2. The van der Waals surface area contributed by atoms with E-state index >= 15 is 0 Å². The summed E-state index contributed by atoms with van der Waals surface area (Å²) < 4.78 is 18.2. The van der Waals surface area contributed by atoms with Crippen LogP contribution in [0.15, 0.2) is 23.8 Å². The molecule has 35 heavy (non-hydrogen) atoms. The van der Waals surface area contributed by atoms with Crippen LogP contribution in [-0.2, 0) is 14.2 Å². The molecule has 5 rings (SSSR count). The Morgan fingerprint density at radius 3 is 2.60 bits per heavy atom. The van der Waals surface area contributed by atoms with Gasteiger partial charge in [0, 0.05) is 38.4 Å². The smallest absolute Gasteiger partial charge is 0.171 e. The second-order valence-electron chi connectivity index (χ2n) is 12.8. The first-order valence-corrected chi connectivity index (χ1v) is 13.6. The number of allylic oxidation sites excluding steroid dienone is 1. The maximum Gasteiger partial charge on any atom is 0.171 e. The first kappa shape index (κ1) is 25.9. The Morgan fingerprint density at radius 2 is 1.91 bits per heavy atom. The fraction of sp³-hybridized carbons (Fsp3) is 0.862. The molecule has 0 aromatic heterocycles. The lowest BCUT2D eigenvalue weighted by molar-refractivity contribution is -0.238. The van der Waals surface area contributed by atoms with Gasteiger partial charge >= 0.3 is 0 Å². The van der Waals surface area contributed by atoms with Gasteiger partial charge in [0.15, 0.2) is 5.79 Å². The van der Waals surface area contributed by atoms with E-state index in [4.69, 9.17) is 14.2 Å². The lowest BCUT2D eigenvalue weighted by atomic mass is 9.45. The zero-order valence-corrected chi connectivity index (χ0v) is 22.2. The molecule has 0 aromatic carbocycles. The molecule has 0 aromatic rings. The number of hydrogen-bond acceptors (Lipinski definition) is 6. The van der Waals surface area contributed by atoms with E-state index in [-0.39, 0.29) is 23.4 Å². The molecule has 1 heterocycles. The largest absolute Gasteiger partial charge is 0.393 e. The van der Waals surface area contributed by atoms with E-state index in [0.717, 1.165) is 43.3 Å². The van der Waals surface area contributed by atoms with Gasteiger partial charge in [0.05, 0.1) is 31.0 Å². The van der Waals surface area contributed by atoms with Crippen molar-refractivity contribution in [3.8, 4) is 0 Å². The third-order valence-corrected chi connectivity index (χ3v) is 11.3. The maximum atomic E-state index is 11.7. The van der Waals surface area contributed by atoms with E-state index in [9.17, 15) is 15.3 Å². The van der Waals surface area contributed by atoms with Crippen molar-refractivity contribution in [1.29, 1.82) is 0 Å². The lowest BCUT2D eigenvalue weighted by Gasteiger charge is -2.61. The minimum atomic E-state index is -0.636. The molecule has 0 amide bonds. The van der Waals surface area contributed by atoms with Crippen molar-refractivity contribution >= 4 is 0 Å². The Kier molecular flexibility index (Phi) is 6.59. The van der Waals surface area contributed by atoms with Gasteiger partial charge in [-0.2, -0.15) is 0 Å². The molecule has 0 unspecified atom stereocenters. The van der Waals surface area contributed by atoms with Crippen molar-refractivity contribution in [1.82, 2.24) is 0 Å². The quantitative estimate of drug-likeness (QED) is 0.491. The third kappa shape index (κ3) is 3.65. The molecular weight excluding hydrogens is 444 g/mol. The van der Waals surface area contributed by atoms with Crippen LogP contribution in [-0.4, -0.2) is 66.3 Å². The molecule has 3 N–H and O–H groups in total. The highest BCUT2D eigenvalue weighted by Gasteiger charge is 2.70. The van der Waals surface area contributed by atoms with Crippen molar-refractivity contribution in [3.63, 3.8) is 0 Å². The van der Waals surface area contributed by atoms with E-state index in [0.29, 0.717) is 37.2 Å². The van der Waals surface area contributed by atoms with Crippen molar-refractivity contribution in [2.45, 2.75) is 95.9 Å². The van der Waals surface area contributed by atoms with E-state index < -0.39 is 29.5 Å². The number of rotatable bonds is 6. The number of aliphatic hydroxyl groups is 3. The number of fused-ring (bicyclic) bond motifs is 7. The Bertz CT molecular complexity index is 871. The van der Waals surface area contributed by atoms with Crippen molar-refractivity contribution in [2.75, 3.05) is 20.8 Å². The van der Waals surface area contributed by atoms with Gasteiger partial charge in [0.25, 0.3) is 0 Å². The summed E-state index contributed by atoms with van der Waals surface area (Å²) in [5.74, 6) is 0.634. The molecule has 6 nitrogen and oxygen atoms in total. The zero-order valence-electron chi connectivity index (χ0n) is 22.2. The van der Waals surface area contributed by atoms with Crippen LogP contribution < -0.4 is 0 Å². The van der Waals surface area contributed by atoms with Crippen molar-refractivity contribution < 1.29 is 29.5 Å². The SMILES string of the molecule is C=C(CC[C@@]1(OC)O[C@H]2C[C@H]3[C@@H]4CC=C5C[C@@H](O)C[C@@H](O)[C@]5(C)[C@H]4[C@H](O)C[C@]3(C)[C@H]2[C@@H]1C)COC. The molecule has 1 saturated heterocycles. The number of ether oxygens (including phenoxy) is 3. The molecule has 0 radical (unpaired) electrons. The number of aliphatic hydroxyl groups excluding tert-OH is 3. The zero-order chi connectivity index (χ0) is 25.3. The molecule has 3 saturated carbocycles. The first-order valence-electron chi connectivity index (χ1n) is 13.6.